The fourth-order valence-electron chi connectivity index (χ4n) is 2.60. The van der Waals surface area contributed by atoms with Crippen molar-refractivity contribution >= 4 is 0 Å². The molecule has 1 aliphatic rings. The first kappa shape index (κ1) is 16.0. The minimum absolute atomic E-state index is 0.193. The SMILES string of the molecule is CC(C)CN(C1CC1)C(C)(CN)CCC(C)(C)C. The van der Waals surface area contributed by atoms with E-state index >= 15 is 0 Å². The van der Waals surface area contributed by atoms with Gasteiger partial charge in [0.15, 0.2) is 0 Å². The van der Waals surface area contributed by atoms with Crippen LogP contribution in [-0.4, -0.2) is 29.6 Å². The molecule has 0 aromatic rings. The van der Waals surface area contributed by atoms with Crippen molar-refractivity contribution in [1.29, 1.82) is 0 Å². The van der Waals surface area contributed by atoms with Gasteiger partial charge in [0.05, 0.1) is 0 Å². The average molecular weight is 254 g/mol. The summed E-state index contributed by atoms with van der Waals surface area (Å²) in [6, 6.07) is 0.806. The van der Waals surface area contributed by atoms with Gasteiger partial charge in [0.1, 0.15) is 0 Å². The Morgan fingerprint density at radius 1 is 1.11 bits per heavy atom. The molecule has 1 saturated carbocycles. The second kappa shape index (κ2) is 5.92. The van der Waals surface area contributed by atoms with Crippen LogP contribution in [-0.2, 0) is 0 Å². The van der Waals surface area contributed by atoms with Crippen molar-refractivity contribution in [3.05, 3.63) is 0 Å². The molecule has 0 aromatic carbocycles. The lowest BCUT2D eigenvalue weighted by Gasteiger charge is -2.43. The van der Waals surface area contributed by atoms with E-state index in [4.69, 9.17) is 5.73 Å². The van der Waals surface area contributed by atoms with Crippen LogP contribution in [0.4, 0.5) is 0 Å². The van der Waals surface area contributed by atoms with Crippen LogP contribution in [0.2, 0.25) is 0 Å². The van der Waals surface area contributed by atoms with Crippen LogP contribution in [0.25, 0.3) is 0 Å². The van der Waals surface area contributed by atoms with Crippen molar-refractivity contribution in [3.8, 4) is 0 Å². The summed E-state index contributed by atoms with van der Waals surface area (Å²) in [7, 11) is 0. The monoisotopic (exact) mass is 254 g/mol. The summed E-state index contributed by atoms with van der Waals surface area (Å²) in [4.78, 5) is 2.71. The molecule has 1 aliphatic carbocycles. The van der Waals surface area contributed by atoms with Gasteiger partial charge in [0, 0.05) is 24.7 Å². The van der Waals surface area contributed by atoms with Gasteiger partial charge in [0.2, 0.25) is 0 Å². The fourth-order valence-corrected chi connectivity index (χ4v) is 2.60. The lowest BCUT2D eigenvalue weighted by atomic mass is 9.82. The van der Waals surface area contributed by atoms with Crippen LogP contribution >= 0.6 is 0 Å². The van der Waals surface area contributed by atoms with Crippen molar-refractivity contribution in [3.63, 3.8) is 0 Å². The smallest absolute Gasteiger partial charge is 0.0306 e. The molecule has 2 nitrogen and oxygen atoms in total. The number of hydrogen-bond acceptors (Lipinski definition) is 2. The molecule has 0 bridgehead atoms. The van der Waals surface area contributed by atoms with E-state index in [0.29, 0.717) is 5.41 Å². The first-order valence-electron chi connectivity index (χ1n) is 7.65. The van der Waals surface area contributed by atoms with Crippen molar-refractivity contribution in [2.24, 2.45) is 17.1 Å². The molecular weight excluding hydrogens is 220 g/mol. The van der Waals surface area contributed by atoms with E-state index in [1.54, 1.807) is 0 Å². The van der Waals surface area contributed by atoms with Crippen LogP contribution in [0.3, 0.4) is 0 Å². The Morgan fingerprint density at radius 2 is 1.67 bits per heavy atom. The second-order valence-electron chi connectivity index (χ2n) is 8.04. The van der Waals surface area contributed by atoms with E-state index in [0.717, 1.165) is 18.5 Å². The Bertz CT molecular complexity index is 250. The van der Waals surface area contributed by atoms with Gasteiger partial charge in [-0.1, -0.05) is 34.6 Å². The van der Waals surface area contributed by atoms with Gasteiger partial charge >= 0.3 is 0 Å². The molecule has 0 aromatic heterocycles. The molecule has 1 fully saturated rings. The van der Waals surface area contributed by atoms with Crippen molar-refractivity contribution in [1.82, 2.24) is 4.90 Å². The van der Waals surface area contributed by atoms with Crippen LogP contribution in [0.15, 0.2) is 0 Å². The Kier molecular flexibility index (Phi) is 5.25. The summed E-state index contributed by atoms with van der Waals surface area (Å²) >= 11 is 0. The number of hydrogen-bond donors (Lipinski definition) is 1. The highest BCUT2D eigenvalue weighted by Gasteiger charge is 2.40. The molecule has 1 unspecified atom stereocenters. The molecule has 1 atom stereocenters. The quantitative estimate of drug-likeness (QED) is 0.751. The third-order valence-electron chi connectivity index (χ3n) is 4.10. The summed E-state index contributed by atoms with van der Waals surface area (Å²) < 4.78 is 0. The van der Waals surface area contributed by atoms with Gasteiger partial charge in [-0.05, 0) is 43.9 Å². The molecule has 2 heteroatoms. The lowest BCUT2D eigenvalue weighted by Crippen LogP contribution is -2.54. The summed E-state index contributed by atoms with van der Waals surface area (Å²) in [6.07, 6.45) is 5.22. The summed E-state index contributed by atoms with van der Waals surface area (Å²) in [5.41, 5.74) is 6.74. The molecule has 0 radical (unpaired) electrons. The van der Waals surface area contributed by atoms with Gasteiger partial charge < -0.3 is 5.73 Å². The van der Waals surface area contributed by atoms with Gasteiger partial charge in [-0.3, -0.25) is 4.90 Å². The van der Waals surface area contributed by atoms with E-state index in [-0.39, 0.29) is 5.54 Å². The molecule has 108 valence electrons. The van der Waals surface area contributed by atoms with E-state index in [1.807, 2.05) is 0 Å². The largest absolute Gasteiger partial charge is 0.329 e. The Labute approximate surface area is 114 Å². The highest BCUT2D eigenvalue weighted by Crippen LogP contribution is 2.37. The number of nitrogens with zero attached hydrogens (tertiary/aromatic N) is 1. The lowest BCUT2D eigenvalue weighted by molar-refractivity contribution is 0.0681. The first-order chi connectivity index (χ1) is 8.18. The third-order valence-corrected chi connectivity index (χ3v) is 4.10. The van der Waals surface area contributed by atoms with Crippen LogP contribution in [0.5, 0.6) is 0 Å². The average Bonchev–Trinajstić information content (AvgIpc) is 3.05. The molecule has 0 heterocycles. The van der Waals surface area contributed by atoms with Crippen molar-refractivity contribution < 1.29 is 0 Å². The van der Waals surface area contributed by atoms with E-state index in [2.05, 4.69) is 46.4 Å². The predicted molar refractivity (Wildman–Crippen MR) is 80.7 cm³/mol. The van der Waals surface area contributed by atoms with E-state index < -0.39 is 0 Å². The Hall–Kier alpha value is -0.0800. The highest BCUT2D eigenvalue weighted by molar-refractivity contribution is 4.97. The molecule has 0 saturated heterocycles. The molecule has 0 amide bonds. The van der Waals surface area contributed by atoms with Crippen LogP contribution < -0.4 is 5.73 Å². The topological polar surface area (TPSA) is 29.3 Å². The second-order valence-corrected chi connectivity index (χ2v) is 8.04. The maximum atomic E-state index is 6.14. The Morgan fingerprint density at radius 3 is 2.00 bits per heavy atom. The Balaban J connectivity index is 2.69. The molecule has 0 aliphatic heterocycles. The summed E-state index contributed by atoms with van der Waals surface area (Å²) in [6.45, 7) is 16.0. The zero-order chi connectivity index (χ0) is 14.0. The van der Waals surface area contributed by atoms with Gasteiger partial charge in [0.25, 0.3) is 0 Å². The van der Waals surface area contributed by atoms with Gasteiger partial charge in [-0.15, -0.1) is 0 Å². The van der Waals surface area contributed by atoms with Gasteiger partial charge in [-0.2, -0.15) is 0 Å². The molecular formula is C16H34N2. The molecule has 18 heavy (non-hydrogen) atoms. The standard InChI is InChI=1S/C16H34N2/c1-13(2)11-18(14-7-8-14)16(6,12-17)10-9-15(3,4)5/h13-14H,7-12,17H2,1-6H3. The normalized spacial score (nSPS) is 20.5. The van der Waals surface area contributed by atoms with Crippen LogP contribution in [0, 0.1) is 11.3 Å². The minimum Gasteiger partial charge on any atom is -0.329 e. The highest BCUT2D eigenvalue weighted by atomic mass is 15.3. The maximum absolute atomic E-state index is 6.14. The van der Waals surface area contributed by atoms with Crippen molar-refractivity contribution in [2.45, 2.75) is 78.8 Å². The zero-order valence-corrected chi connectivity index (χ0v) is 13.4. The summed E-state index contributed by atoms with van der Waals surface area (Å²) in [5, 5.41) is 0. The predicted octanol–water partition coefficient (Wildman–Crippen LogP) is 3.65. The molecule has 1 rings (SSSR count). The van der Waals surface area contributed by atoms with Gasteiger partial charge in [-0.25, -0.2) is 0 Å². The number of nitrogens with two attached hydrogens (primary N) is 1. The van der Waals surface area contributed by atoms with E-state index in [1.165, 1.54) is 32.2 Å². The summed E-state index contributed by atoms with van der Waals surface area (Å²) in [5.74, 6) is 0.728. The van der Waals surface area contributed by atoms with Crippen molar-refractivity contribution in [2.75, 3.05) is 13.1 Å². The first-order valence-corrected chi connectivity index (χ1v) is 7.65. The third kappa shape index (κ3) is 4.89. The fraction of sp³-hybridized carbons (Fsp3) is 1.00. The zero-order valence-electron chi connectivity index (χ0n) is 13.4. The van der Waals surface area contributed by atoms with E-state index in [9.17, 15) is 0 Å². The maximum Gasteiger partial charge on any atom is 0.0306 e. The molecule has 0 spiro atoms. The number of rotatable bonds is 7. The minimum atomic E-state index is 0.193. The molecule has 2 N–H and O–H groups in total. The van der Waals surface area contributed by atoms with Crippen LogP contribution in [0.1, 0.15) is 67.2 Å².